The first kappa shape index (κ1) is 13.5. The SMILES string of the molecule is CCOC(=O)c1csc(=O)n1Cc1ncccc1C. The first-order valence-corrected chi connectivity index (χ1v) is 6.77. The second-order valence-corrected chi connectivity index (χ2v) is 4.78. The van der Waals surface area contributed by atoms with E-state index in [2.05, 4.69) is 4.98 Å². The highest BCUT2D eigenvalue weighted by Crippen LogP contribution is 2.10. The molecule has 2 aromatic rings. The molecule has 0 saturated heterocycles. The summed E-state index contributed by atoms with van der Waals surface area (Å²) in [7, 11) is 0. The van der Waals surface area contributed by atoms with E-state index in [1.54, 1.807) is 13.1 Å². The van der Waals surface area contributed by atoms with Gasteiger partial charge in [0.05, 0.1) is 18.8 Å². The second-order valence-electron chi connectivity index (χ2n) is 3.96. The van der Waals surface area contributed by atoms with Crippen LogP contribution in [0.2, 0.25) is 0 Å². The van der Waals surface area contributed by atoms with Crippen LogP contribution in [0, 0.1) is 6.92 Å². The van der Waals surface area contributed by atoms with Gasteiger partial charge in [-0.1, -0.05) is 17.4 Å². The molecule has 19 heavy (non-hydrogen) atoms. The van der Waals surface area contributed by atoms with Crippen molar-refractivity contribution in [3.05, 3.63) is 50.3 Å². The van der Waals surface area contributed by atoms with Gasteiger partial charge in [0.25, 0.3) is 0 Å². The number of aromatic nitrogens is 2. The van der Waals surface area contributed by atoms with Crippen molar-refractivity contribution < 1.29 is 9.53 Å². The maximum atomic E-state index is 11.8. The summed E-state index contributed by atoms with van der Waals surface area (Å²) in [6.45, 7) is 4.22. The molecule has 0 aliphatic heterocycles. The third-order valence-corrected chi connectivity index (χ3v) is 3.46. The summed E-state index contributed by atoms with van der Waals surface area (Å²) in [6, 6.07) is 3.76. The molecule has 5 nitrogen and oxygen atoms in total. The van der Waals surface area contributed by atoms with Crippen molar-refractivity contribution in [2.75, 3.05) is 6.61 Å². The number of rotatable bonds is 4. The quantitative estimate of drug-likeness (QED) is 0.801. The normalized spacial score (nSPS) is 10.4. The van der Waals surface area contributed by atoms with Crippen LogP contribution >= 0.6 is 11.3 Å². The fourth-order valence-corrected chi connectivity index (χ4v) is 2.40. The van der Waals surface area contributed by atoms with Crippen molar-refractivity contribution in [1.29, 1.82) is 0 Å². The predicted molar refractivity (Wildman–Crippen MR) is 72.6 cm³/mol. The summed E-state index contributed by atoms with van der Waals surface area (Å²) >= 11 is 0.989. The van der Waals surface area contributed by atoms with Gasteiger partial charge in [0.1, 0.15) is 5.69 Å². The Morgan fingerprint density at radius 3 is 3.00 bits per heavy atom. The molecule has 0 unspecified atom stereocenters. The van der Waals surface area contributed by atoms with E-state index >= 15 is 0 Å². The molecule has 0 N–H and O–H groups in total. The van der Waals surface area contributed by atoms with E-state index in [-0.39, 0.29) is 23.7 Å². The topological polar surface area (TPSA) is 61.2 Å². The Morgan fingerprint density at radius 1 is 1.53 bits per heavy atom. The molecule has 0 aliphatic rings. The second kappa shape index (κ2) is 5.79. The van der Waals surface area contributed by atoms with Crippen LogP contribution in [-0.4, -0.2) is 22.1 Å². The van der Waals surface area contributed by atoms with Crippen LogP contribution < -0.4 is 4.87 Å². The van der Waals surface area contributed by atoms with Gasteiger partial charge in [0.15, 0.2) is 0 Å². The fourth-order valence-electron chi connectivity index (χ4n) is 1.68. The van der Waals surface area contributed by atoms with E-state index in [1.165, 1.54) is 9.95 Å². The zero-order chi connectivity index (χ0) is 13.8. The average molecular weight is 278 g/mol. The lowest BCUT2D eigenvalue weighted by Crippen LogP contribution is -2.21. The molecule has 100 valence electrons. The first-order valence-electron chi connectivity index (χ1n) is 5.89. The number of thiazole rings is 1. The molecule has 2 heterocycles. The molecular formula is C13H14N2O3S. The van der Waals surface area contributed by atoms with Crippen LogP contribution in [0.3, 0.4) is 0 Å². The predicted octanol–water partition coefficient (Wildman–Crippen LogP) is 1.84. The van der Waals surface area contributed by atoms with Crippen molar-refractivity contribution in [3.8, 4) is 0 Å². The number of aryl methyl sites for hydroxylation is 1. The lowest BCUT2D eigenvalue weighted by atomic mass is 10.2. The van der Waals surface area contributed by atoms with Crippen LogP contribution in [0.25, 0.3) is 0 Å². The van der Waals surface area contributed by atoms with Crippen LogP contribution in [0.1, 0.15) is 28.7 Å². The van der Waals surface area contributed by atoms with E-state index in [0.717, 1.165) is 22.6 Å². The van der Waals surface area contributed by atoms with Gasteiger partial charge >= 0.3 is 10.8 Å². The molecule has 0 aliphatic carbocycles. The summed E-state index contributed by atoms with van der Waals surface area (Å²) in [4.78, 5) is 27.6. The highest BCUT2D eigenvalue weighted by atomic mass is 32.1. The Kier molecular flexibility index (Phi) is 4.11. The van der Waals surface area contributed by atoms with Crippen LogP contribution in [-0.2, 0) is 11.3 Å². The third kappa shape index (κ3) is 2.90. The lowest BCUT2D eigenvalue weighted by Gasteiger charge is -2.08. The Balaban J connectivity index is 2.35. The van der Waals surface area contributed by atoms with Gasteiger partial charge in [-0.3, -0.25) is 14.3 Å². The Bertz CT molecular complexity index is 645. The molecular weight excluding hydrogens is 264 g/mol. The number of pyridine rings is 1. The summed E-state index contributed by atoms with van der Waals surface area (Å²) < 4.78 is 6.34. The third-order valence-electron chi connectivity index (χ3n) is 2.69. The maximum Gasteiger partial charge on any atom is 0.355 e. The average Bonchev–Trinajstić information content (AvgIpc) is 2.74. The van der Waals surface area contributed by atoms with Crippen molar-refractivity contribution >= 4 is 17.3 Å². The monoisotopic (exact) mass is 278 g/mol. The smallest absolute Gasteiger partial charge is 0.355 e. The highest BCUT2D eigenvalue weighted by Gasteiger charge is 2.16. The number of ether oxygens (including phenoxy) is 1. The Hall–Kier alpha value is -1.95. The molecule has 2 aromatic heterocycles. The van der Waals surface area contributed by atoms with E-state index in [4.69, 9.17) is 4.74 Å². The number of carbonyl (C=O) groups is 1. The summed E-state index contributed by atoms with van der Waals surface area (Å²) in [5.74, 6) is -0.477. The Labute approximate surface area is 114 Å². The minimum atomic E-state index is -0.477. The van der Waals surface area contributed by atoms with Gasteiger partial charge in [-0.25, -0.2) is 4.79 Å². The van der Waals surface area contributed by atoms with E-state index in [1.807, 2.05) is 19.1 Å². The molecule has 0 amide bonds. The van der Waals surface area contributed by atoms with Crippen LogP contribution in [0.15, 0.2) is 28.5 Å². The number of hydrogen-bond donors (Lipinski definition) is 0. The van der Waals surface area contributed by atoms with Gasteiger partial charge in [-0.05, 0) is 25.5 Å². The lowest BCUT2D eigenvalue weighted by molar-refractivity contribution is 0.0514. The van der Waals surface area contributed by atoms with Crippen molar-refractivity contribution in [3.63, 3.8) is 0 Å². The largest absolute Gasteiger partial charge is 0.461 e. The van der Waals surface area contributed by atoms with Crippen molar-refractivity contribution in [2.45, 2.75) is 20.4 Å². The van der Waals surface area contributed by atoms with Crippen LogP contribution in [0.4, 0.5) is 0 Å². The number of carbonyl (C=O) groups excluding carboxylic acids is 1. The van der Waals surface area contributed by atoms with Gasteiger partial charge in [0.2, 0.25) is 0 Å². The minimum absolute atomic E-state index is 0.187. The van der Waals surface area contributed by atoms with Gasteiger partial charge in [0, 0.05) is 11.6 Å². The molecule has 0 saturated carbocycles. The molecule has 0 aromatic carbocycles. The van der Waals surface area contributed by atoms with E-state index in [9.17, 15) is 9.59 Å². The summed E-state index contributed by atoms with van der Waals surface area (Å²) in [5.41, 5.74) is 2.03. The fraction of sp³-hybridized carbons (Fsp3) is 0.308. The zero-order valence-electron chi connectivity index (χ0n) is 10.8. The van der Waals surface area contributed by atoms with Crippen molar-refractivity contribution in [2.24, 2.45) is 0 Å². The molecule has 0 bridgehead atoms. The summed E-state index contributed by atoms with van der Waals surface area (Å²) in [5, 5.41) is 1.53. The summed E-state index contributed by atoms with van der Waals surface area (Å²) in [6.07, 6.45) is 1.67. The molecule has 0 fully saturated rings. The number of esters is 1. The molecule has 6 heteroatoms. The van der Waals surface area contributed by atoms with Gasteiger partial charge < -0.3 is 4.74 Å². The Morgan fingerprint density at radius 2 is 2.32 bits per heavy atom. The van der Waals surface area contributed by atoms with Crippen LogP contribution in [0.5, 0.6) is 0 Å². The maximum absolute atomic E-state index is 11.8. The molecule has 0 atom stereocenters. The van der Waals surface area contributed by atoms with E-state index < -0.39 is 5.97 Å². The minimum Gasteiger partial charge on any atom is -0.461 e. The number of hydrogen-bond acceptors (Lipinski definition) is 5. The molecule has 2 rings (SSSR count). The molecule has 0 spiro atoms. The zero-order valence-corrected chi connectivity index (χ0v) is 11.6. The van der Waals surface area contributed by atoms with Crippen molar-refractivity contribution in [1.82, 2.24) is 9.55 Å². The number of nitrogens with zero attached hydrogens (tertiary/aromatic N) is 2. The van der Waals surface area contributed by atoms with Gasteiger partial charge in [-0.2, -0.15) is 0 Å². The first-order chi connectivity index (χ1) is 9.13. The molecule has 0 radical (unpaired) electrons. The van der Waals surface area contributed by atoms with E-state index in [0.29, 0.717) is 0 Å². The van der Waals surface area contributed by atoms with Gasteiger partial charge in [-0.15, -0.1) is 0 Å². The standard InChI is InChI=1S/C13H14N2O3S/c1-3-18-12(16)11-8-19-13(17)15(11)7-10-9(2)5-4-6-14-10/h4-6,8H,3,7H2,1-2H3. The highest BCUT2D eigenvalue weighted by molar-refractivity contribution is 7.07.